The molecule has 1 aliphatic heterocycles. The fourth-order valence-electron chi connectivity index (χ4n) is 3.03. The highest BCUT2D eigenvalue weighted by molar-refractivity contribution is 5.48. The van der Waals surface area contributed by atoms with Crippen LogP contribution < -0.4 is 4.74 Å². The van der Waals surface area contributed by atoms with Crippen LogP contribution >= 0.6 is 0 Å². The Hall–Kier alpha value is -2.32. The smallest absolute Gasteiger partial charge is 0.124 e. The van der Waals surface area contributed by atoms with Crippen molar-refractivity contribution in [2.24, 2.45) is 7.05 Å². The van der Waals surface area contributed by atoms with Crippen LogP contribution in [-0.4, -0.2) is 21.5 Å². The van der Waals surface area contributed by atoms with Crippen LogP contribution in [0, 0.1) is 18.3 Å². The zero-order chi connectivity index (χ0) is 15.0. The summed E-state index contributed by atoms with van der Waals surface area (Å²) in [6, 6.07) is 9.76. The highest BCUT2D eigenvalue weighted by Gasteiger charge is 2.46. The van der Waals surface area contributed by atoms with Gasteiger partial charge in [-0.2, -0.15) is 10.4 Å². The second-order valence-corrected chi connectivity index (χ2v) is 5.42. The molecule has 2 aromatic rings. The van der Waals surface area contributed by atoms with E-state index in [1.165, 1.54) is 0 Å². The number of aliphatic hydroxyl groups excluding tert-OH is 1. The number of benzene rings is 1. The standard InChI is InChI=1S/C16H17N3O2/c1-11-12(9-19(2)18-11)15(20)16(10-17)7-8-21-14-6-4-3-5-13(14)16/h3-6,9,15,20H,7-8H2,1-2H3. The van der Waals surface area contributed by atoms with Crippen LogP contribution in [0.4, 0.5) is 0 Å². The molecule has 21 heavy (non-hydrogen) atoms. The number of rotatable bonds is 2. The number of aliphatic hydroxyl groups is 1. The van der Waals surface area contributed by atoms with Crippen molar-refractivity contribution in [2.75, 3.05) is 6.61 Å². The van der Waals surface area contributed by atoms with Crippen molar-refractivity contribution in [3.05, 3.63) is 47.3 Å². The Morgan fingerprint density at radius 1 is 1.48 bits per heavy atom. The van der Waals surface area contributed by atoms with Crippen molar-refractivity contribution < 1.29 is 9.84 Å². The number of fused-ring (bicyclic) bond motifs is 1. The molecule has 0 amide bonds. The number of hydrogen-bond acceptors (Lipinski definition) is 4. The van der Waals surface area contributed by atoms with Gasteiger partial charge in [0.05, 0.1) is 18.4 Å². The van der Waals surface area contributed by atoms with E-state index in [1.54, 1.807) is 17.9 Å². The molecule has 0 radical (unpaired) electrons. The molecule has 0 saturated carbocycles. The SMILES string of the molecule is Cc1nn(C)cc1C(O)C1(C#N)CCOc2ccccc21. The summed E-state index contributed by atoms with van der Waals surface area (Å²) in [5, 5.41) is 25.0. The number of nitrogens with zero attached hydrogens (tertiary/aromatic N) is 3. The summed E-state index contributed by atoms with van der Waals surface area (Å²) in [4.78, 5) is 0. The van der Waals surface area contributed by atoms with E-state index in [0.29, 0.717) is 24.3 Å². The number of aryl methyl sites for hydroxylation is 2. The number of aromatic nitrogens is 2. The molecule has 2 atom stereocenters. The third kappa shape index (κ3) is 1.99. The lowest BCUT2D eigenvalue weighted by Crippen LogP contribution is -2.37. The monoisotopic (exact) mass is 283 g/mol. The Morgan fingerprint density at radius 2 is 2.24 bits per heavy atom. The molecular weight excluding hydrogens is 266 g/mol. The molecule has 0 saturated heterocycles. The van der Waals surface area contributed by atoms with E-state index >= 15 is 0 Å². The molecule has 1 aromatic carbocycles. The number of ether oxygens (including phenoxy) is 1. The average molecular weight is 283 g/mol. The maximum absolute atomic E-state index is 10.9. The quantitative estimate of drug-likeness (QED) is 0.915. The highest BCUT2D eigenvalue weighted by atomic mass is 16.5. The van der Waals surface area contributed by atoms with E-state index < -0.39 is 11.5 Å². The van der Waals surface area contributed by atoms with Gasteiger partial charge in [0, 0.05) is 30.8 Å². The average Bonchev–Trinajstić information content (AvgIpc) is 2.84. The van der Waals surface area contributed by atoms with Crippen LogP contribution in [0.25, 0.3) is 0 Å². The van der Waals surface area contributed by atoms with Gasteiger partial charge in [0.15, 0.2) is 0 Å². The summed E-state index contributed by atoms with van der Waals surface area (Å²) < 4.78 is 7.28. The van der Waals surface area contributed by atoms with E-state index in [1.807, 2.05) is 31.2 Å². The van der Waals surface area contributed by atoms with Crippen molar-refractivity contribution in [1.82, 2.24) is 9.78 Å². The lowest BCUT2D eigenvalue weighted by atomic mass is 9.71. The lowest BCUT2D eigenvalue weighted by Gasteiger charge is -2.36. The van der Waals surface area contributed by atoms with Crippen LogP contribution in [0.2, 0.25) is 0 Å². The molecule has 1 aromatic heterocycles. The molecule has 0 bridgehead atoms. The first-order valence-electron chi connectivity index (χ1n) is 6.90. The molecule has 1 aliphatic rings. The molecule has 0 fully saturated rings. The van der Waals surface area contributed by atoms with E-state index in [-0.39, 0.29) is 0 Å². The summed E-state index contributed by atoms with van der Waals surface area (Å²) >= 11 is 0. The normalized spacial score (nSPS) is 22.0. The molecule has 2 heterocycles. The van der Waals surface area contributed by atoms with Crippen molar-refractivity contribution in [3.63, 3.8) is 0 Å². The minimum Gasteiger partial charge on any atom is -0.493 e. The first kappa shape index (κ1) is 13.7. The van der Waals surface area contributed by atoms with Gasteiger partial charge in [0.2, 0.25) is 0 Å². The van der Waals surface area contributed by atoms with E-state index in [0.717, 1.165) is 11.3 Å². The Balaban J connectivity index is 2.14. The van der Waals surface area contributed by atoms with Crippen LogP contribution in [0.5, 0.6) is 5.75 Å². The Morgan fingerprint density at radius 3 is 2.90 bits per heavy atom. The molecule has 0 aliphatic carbocycles. The van der Waals surface area contributed by atoms with Gasteiger partial charge in [-0.05, 0) is 13.0 Å². The fourth-order valence-corrected chi connectivity index (χ4v) is 3.03. The lowest BCUT2D eigenvalue weighted by molar-refractivity contribution is 0.0801. The van der Waals surface area contributed by atoms with E-state index in [4.69, 9.17) is 4.74 Å². The molecule has 0 spiro atoms. The second-order valence-electron chi connectivity index (χ2n) is 5.42. The van der Waals surface area contributed by atoms with E-state index in [2.05, 4.69) is 11.2 Å². The number of para-hydroxylation sites is 1. The van der Waals surface area contributed by atoms with Gasteiger partial charge in [-0.1, -0.05) is 18.2 Å². The van der Waals surface area contributed by atoms with Gasteiger partial charge in [-0.3, -0.25) is 4.68 Å². The highest BCUT2D eigenvalue weighted by Crippen LogP contribution is 2.46. The number of hydrogen-bond donors (Lipinski definition) is 1. The topological polar surface area (TPSA) is 71.1 Å². The van der Waals surface area contributed by atoms with Gasteiger partial charge in [-0.15, -0.1) is 0 Å². The summed E-state index contributed by atoms with van der Waals surface area (Å²) in [5.74, 6) is 0.672. The van der Waals surface area contributed by atoms with Gasteiger partial charge < -0.3 is 9.84 Å². The summed E-state index contributed by atoms with van der Waals surface area (Å²) in [7, 11) is 1.81. The predicted octanol–water partition coefficient (Wildman–Crippen LogP) is 2.01. The maximum atomic E-state index is 10.9. The largest absolute Gasteiger partial charge is 0.493 e. The minimum absolute atomic E-state index is 0.418. The van der Waals surface area contributed by atoms with Crippen LogP contribution in [0.15, 0.2) is 30.5 Å². The van der Waals surface area contributed by atoms with Gasteiger partial charge in [0.1, 0.15) is 17.3 Å². The van der Waals surface area contributed by atoms with Gasteiger partial charge in [-0.25, -0.2) is 0 Å². The Kier molecular flexibility index (Phi) is 3.19. The van der Waals surface area contributed by atoms with Crippen LogP contribution in [0.3, 0.4) is 0 Å². The molecule has 3 rings (SSSR count). The summed E-state index contributed by atoms with van der Waals surface area (Å²) in [5.41, 5.74) is 1.18. The molecule has 5 heteroatoms. The van der Waals surface area contributed by atoms with Crippen molar-refractivity contribution >= 4 is 0 Å². The maximum Gasteiger partial charge on any atom is 0.124 e. The molecule has 2 unspecified atom stereocenters. The Bertz CT molecular complexity index is 717. The third-order valence-corrected chi connectivity index (χ3v) is 4.13. The molecule has 108 valence electrons. The third-order valence-electron chi connectivity index (χ3n) is 4.13. The Labute approximate surface area is 123 Å². The van der Waals surface area contributed by atoms with Gasteiger partial charge in [0.25, 0.3) is 0 Å². The molecule has 5 nitrogen and oxygen atoms in total. The summed E-state index contributed by atoms with van der Waals surface area (Å²) in [6.45, 7) is 2.26. The first-order valence-corrected chi connectivity index (χ1v) is 6.90. The van der Waals surface area contributed by atoms with Crippen molar-refractivity contribution in [1.29, 1.82) is 5.26 Å². The second kappa shape index (κ2) is 4.90. The fraction of sp³-hybridized carbons (Fsp3) is 0.375. The van der Waals surface area contributed by atoms with Crippen LogP contribution in [0.1, 0.15) is 29.3 Å². The minimum atomic E-state index is -0.997. The van der Waals surface area contributed by atoms with Crippen molar-refractivity contribution in [2.45, 2.75) is 24.9 Å². The van der Waals surface area contributed by atoms with Crippen molar-refractivity contribution in [3.8, 4) is 11.8 Å². The zero-order valence-corrected chi connectivity index (χ0v) is 12.1. The van der Waals surface area contributed by atoms with Crippen LogP contribution in [-0.2, 0) is 12.5 Å². The number of nitriles is 1. The summed E-state index contributed by atoms with van der Waals surface area (Å²) in [6.07, 6.45) is 1.30. The predicted molar refractivity (Wildman–Crippen MR) is 76.7 cm³/mol. The zero-order valence-electron chi connectivity index (χ0n) is 12.1. The molecular formula is C16H17N3O2. The van der Waals surface area contributed by atoms with E-state index in [9.17, 15) is 10.4 Å². The first-order chi connectivity index (χ1) is 10.1. The molecule has 1 N–H and O–H groups in total. The van der Waals surface area contributed by atoms with Gasteiger partial charge >= 0.3 is 0 Å².